The molecular weight excluding hydrogens is 264 g/mol. The summed E-state index contributed by atoms with van der Waals surface area (Å²) >= 11 is 0. The number of aromatic nitrogens is 2. The van der Waals surface area contributed by atoms with Crippen molar-refractivity contribution in [3.63, 3.8) is 0 Å². The van der Waals surface area contributed by atoms with Gasteiger partial charge in [-0.3, -0.25) is 4.79 Å². The first kappa shape index (κ1) is 14.3. The molecule has 1 aromatic rings. The number of nitrogens with one attached hydrogen (secondary N) is 1. The van der Waals surface area contributed by atoms with Gasteiger partial charge in [-0.2, -0.15) is 9.97 Å². The highest BCUT2D eigenvalue weighted by molar-refractivity contribution is 5.77. The molecule has 1 atom stereocenters. The lowest BCUT2D eigenvalue weighted by Crippen LogP contribution is -2.46. The molecule has 1 unspecified atom stereocenters. The van der Waals surface area contributed by atoms with E-state index in [2.05, 4.69) is 15.3 Å². The predicted molar refractivity (Wildman–Crippen MR) is 71.0 cm³/mol. The van der Waals surface area contributed by atoms with Crippen molar-refractivity contribution in [3.8, 4) is 11.8 Å². The van der Waals surface area contributed by atoms with Gasteiger partial charge in [0.1, 0.15) is 6.61 Å². The number of morpholine rings is 1. The molecule has 2 heterocycles. The number of anilines is 1. The van der Waals surface area contributed by atoms with Gasteiger partial charge in [0.05, 0.1) is 26.4 Å². The Hall–Kier alpha value is -2.09. The van der Waals surface area contributed by atoms with Crippen LogP contribution in [0.5, 0.6) is 11.8 Å². The maximum absolute atomic E-state index is 11.3. The Kier molecular flexibility index (Phi) is 4.57. The Labute approximate surface area is 117 Å². The minimum atomic E-state index is -0.0986. The number of ether oxygens (including phenoxy) is 3. The highest BCUT2D eigenvalue weighted by atomic mass is 16.5. The highest BCUT2D eigenvalue weighted by Gasteiger charge is 2.23. The average Bonchev–Trinajstić information content (AvgIpc) is 2.48. The van der Waals surface area contributed by atoms with E-state index >= 15 is 0 Å². The van der Waals surface area contributed by atoms with Crippen LogP contribution in [-0.4, -0.2) is 67.8 Å². The zero-order chi connectivity index (χ0) is 14.5. The molecule has 0 aromatic carbocycles. The Morgan fingerprint density at radius 2 is 2.05 bits per heavy atom. The number of likely N-dealkylation sites (N-methyl/N-ethyl adjacent to an activating group) is 1. The van der Waals surface area contributed by atoms with E-state index < -0.39 is 0 Å². The number of methoxy groups -OCH3 is 2. The van der Waals surface area contributed by atoms with Crippen molar-refractivity contribution in [3.05, 3.63) is 6.07 Å². The molecule has 0 aliphatic carbocycles. The second kappa shape index (κ2) is 6.38. The van der Waals surface area contributed by atoms with Crippen LogP contribution in [0.15, 0.2) is 6.07 Å². The number of rotatable bonds is 5. The summed E-state index contributed by atoms with van der Waals surface area (Å²) in [7, 11) is 4.80. The van der Waals surface area contributed by atoms with Crippen LogP contribution in [0.3, 0.4) is 0 Å². The highest BCUT2D eigenvalue weighted by Crippen LogP contribution is 2.17. The van der Waals surface area contributed by atoms with Gasteiger partial charge in [-0.15, -0.1) is 0 Å². The molecule has 0 radical (unpaired) electrons. The standard InChI is InChI=1S/C12H18N4O4/c1-16-6-8(20-7-11(16)17)5-13-12-14-9(18-2)4-10(15-12)19-3/h4,8H,5-7H2,1-3H3,(H,13,14,15). The fraction of sp³-hybridized carbons (Fsp3) is 0.583. The summed E-state index contributed by atoms with van der Waals surface area (Å²) in [5.74, 6) is 1.21. The molecule has 2 rings (SSSR count). The molecule has 1 N–H and O–H groups in total. The number of carbonyl (C=O) groups excluding carboxylic acids is 1. The molecule has 1 saturated heterocycles. The molecule has 8 heteroatoms. The maximum Gasteiger partial charge on any atom is 0.248 e. The Bertz CT molecular complexity index is 460. The molecule has 1 aliphatic rings. The quantitative estimate of drug-likeness (QED) is 0.797. The smallest absolute Gasteiger partial charge is 0.248 e. The maximum atomic E-state index is 11.3. The van der Waals surface area contributed by atoms with Crippen LogP contribution in [-0.2, 0) is 9.53 Å². The van der Waals surface area contributed by atoms with E-state index in [1.807, 2.05) is 0 Å². The average molecular weight is 282 g/mol. The summed E-state index contributed by atoms with van der Waals surface area (Å²) in [5.41, 5.74) is 0. The van der Waals surface area contributed by atoms with Crippen LogP contribution in [0.1, 0.15) is 0 Å². The van der Waals surface area contributed by atoms with Crippen molar-refractivity contribution in [1.29, 1.82) is 0 Å². The van der Waals surface area contributed by atoms with E-state index in [0.29, 0.717) is 30.8 Å². The second-order valence-electron chi connectivity index (χ2n) is 4.36. The number of amides is 1. The van der Waals surface area contributed by atoms with Gasteiger partial charge >= 0.3 is 0 Å². The Morgan fingerprint density at radius 1 is 1.40 bits per heavy atom. The first-order valence-corrected chi connectivity index (χ1v) is 6.19. The fourth-order valence-corrected chi connectivity index (χ4v) is 1.78. The summed E-state index contributed by atoms with van der Waals surface area (Å²) in [5, 5.41) is 3.05. The Morgan fingerprint density at radius 3 is 2.60 bits per heavy atom. The molecule has 1 aromatic heterocycles. The third-order valence-electron chi connectivity index (χ3n) is 2.93. The lowest BCUT2D eigenvalue weighted by molar-refractivity contribution is -0.145. The minimum Gasteiger partial charge on any atom is -0.481 e. The van der Waals surface area contributed by atoms with Crippen molar-refractivity contribution in [1.82, 2.24) is 14.9 Å². The molecule has 1 aliphatic heterocycles. The molecule has 8 nitrogen and oxygen atoms in total. The summed E-state index contributed by atoms with van der Waals surface area (Å²) in [4.78, 5) is 21.3. The van der Waals surface area contributed by atoms with Crippen molar-refractivity contribution in [2.24, 2.45) is 0 Å². The van der Waals surface area contributed by atoms with Crippen LogP contribution in [0.4, 0.5) is 5.95 Å². The predicted octanol–water partition coefficient (Wildman–Crippen LogP) is -0.237. The number of carbonyl (C=O) groups is 1. The number of nitrogens with zero attached hydrogens (tertiary/aromatic N) is 3. The fourth-order valence-electron chi connectivity index (χ4n) is 1.78. The number of hydrogen-bond donors (Lipinski definition) is 1. The normalized spacial score (nSPS) is 18.9. The van der Waals surface area contributed by atoms with Gasteiger partial charge in [0.25, 0.3) is 0 Å². The molecule has 110 valence electrons. The van der Waals surface area contributed by atoms with Crippen molar-refractivity contribution < 1.29 is 19.0 Å². The zero-order valence-electron chi connectivity index (χ0n) is 11.8. The first-order valence-electron chi connectivity index (χ1n) is 6.19. The van der Waals surface area contributed by atoms with Gasteiger partial charge in [0.15, 0.2) is 0 Å². The van der Waals surface area contributed by atoms with Gasteiger partial charge in [-0.25, -0.2) is 0 Å². The van der Waals surface area contributed by atoms with Crippen LogP contribution < -0.4 is 14.8 Å². The molecular formula is C12H18N4O4. The van der Waals surface area contributed by atoms with Gasteiger partial charge in [0, 0.05) is 20.1 Å². The van der Waals surface area contributed by atoms with E-state index in [1.165, 1.54) is 14.2 Å². The first-order chi connectivity index (χ1) is 9.62. The molecule has 0 bridgehead atoms. The monoisotopic (exact) mass is 282 g/mol. The molecule has 0 saturated carbocycles. The summed E-state index contributed by atoms with van der Waals surface area (Å²) in [6.45, 7) is 1.13. The van der Waals surface area contributed by atoms with Crippen molar-refractivity contribution in [2.75, 3.05) is 46.3 Å². The van der Waals surface area contributed by atoms with E-state index in [9.17, 15) is 4.79 Å². The van der Waals surface area contributed by atoms with Crippen LogP contribution in [0, 0.1) is 0 Å². The molecule has 0 spiro atoms. The van der Waals surface area contributed by atoms with E-state index in [0.717, 1.165) is 0 Å². The van der Waals surface area contributed by atoms with Gasteiger partial charge in [0.2, 0.25) is 23.6 Å². The van der Waals surface area contributed by atoms with E-state index in [-0.39, 0.29) is 18.6 Å². The lowest BCUT2D eigenvalue weighted by Gasteiger charge is -2.29. The van der Waals surface area contributed by atoms with Crippen LogP contribution in [0.25, 0.3) is 0 Å². The van der Waals surface area contributed by atoms with Crippen molar-refractivity contribution in [2.45, 2.75) is 6.10 Å². The van der Waals surface area contributed by atoms with Crippen molar-refractivity contribution >= 4 is 11.9 Å². The van der Waals surface area contributed by atoms with E-state index in [1.54, 1.807) is 18.0 Å². The second-order valence-corrected chi connectivity index (χ2v) is 4.36. The lowest BCUT2D eigenvalue weighted by atomic mass is 10.3. The largest absolute Gasteiger partial charge is 0.481 e. The van der Waals surface area contributed by atoms with Gasteiger partial charge < -0.3 is 24.4 Å². The third kappa shape index (κ3) is 3.47. The minimum absolute atomic E-state index is 0.0134. The zero-order valence-corrected chi connectivity index (χ0v) is 11.8. The van der Waals surface area contributed by atoms with Gasteiger partial charge in [-0.05, 0) is 0 Å². The SMILES string of the molecule is COc1cc(OC)nc(NCC2CN(C)C(=O)CO2)n1. The summed E-state index contributed by atoms with van der Waals surface area (Å²) < 4.78 is 15.6. The topological polar surface area (TPSA) is 85.8 Å². The molecule has 20 heavy (non-hydrogen) atoms. The summed E-state index contributed by atoms with van der Waals surface area (Å²) in [6, 6.07) is 1.59. The molecule has 1 fully saturated rings. The van der Waals surface area contributed by atoms with Gasteiger partial charge in [-0.1, -0.05) is 0 Å². The Balaban J connectivity index is 1.95. The van der Waals surface area contributed by atoms with Crippen LogP contribution in [0.2, 0.25) is 0 Å². The van der Waals surface area contributed by atoms with Crippen LogP contribution >= 0.6 is 0 Å². The summed E-state index contributed by atoms with van der Waals surface area (Å²) in [6.07, 6.45) is -0.0986. The molecule has 1 amide bonds. The number of hydrogen-bond acceptors (Lipinski definition) is 7. The van der Waals surface area contributed by atoms with E-state index in [4.69, 9.17) is 14.2 Å². The third-order valence-corrected chi connectivity index (χ3v) is 2.93.